The van der Waals surface area contributed by atoms with Gasteiger partial charge in [0.05, 0.1) is 5.92 Å². The van der Waals surface area contributed by atoms with E-state index < -0.39 is 12.0 Å². The van der Waals surface area contributed by atoms with Crippen molar-refractivity contribution < 1.29 is 14.7 Å². The van der Waals surface area contributed by atoms with E-state index in [0.29, 0.717) is 26.1 Å². The van der Waals surface area contributed by atoms with Gasteiger partial charge in [-0.05, 0) is 11.1 Å². The number of nitrogens with zero attached hydrogens (tertiary/aromatic N) is 1. The topological polar surface area (TPSA) is 69.6 Å². The molecule has 5 heteroatoms. The Morgan fingerprint density at radius 1 is 1.21 bits per heavy atom. The van der Waals surface area contributed by atoms with Gasteiger partial charge in [-0.1, -0.05) is 24.3 Å². The summed E-state index contributed by atoms with van der Waals surface area (Å²) in [6.07, 6.45) is 0.400. The predicted molar refractivity (Wildman–Crippen MR) is 68.5 cm³/mol. The van der Waals surface area contributed by atoms with Crippen LogP contribution in [0.25, 0.3) is 0 Å². The number of benzene rings is 1. The fourth-order valence-corrected chi connectivity index (χ4v) is 2.67. The first-order chi connectivity index (χ1) is 9.16. The summed E-state index contributed by atoms with van der Waals surface area (Å²) >= 11 is 0. The molecule has 0 aliphatic carbocycles. The molecular formula is C14H16N2O3. The number of amides is 1. The van der Waals surface area contributed by atoms with Crippen LogP contribution >= 0.6 is 0 Å². The zero-order valence-electron chi connectivity index (χ0n) is 10.5. The average molecular weight is 260 g/mol. The molecule has 1 saturated heterocycles. The summed E-state index contributed by atoms with van der Waals surface area (Å²) in [5, 5.41) is 12.4. The molecule has 1 atom stereocenters. The van der Waals surface area contributed by atoms with Gasteiger partial charge in [0.2, 0.25) is 5.91 Å². The van der Waals surface area contributed by atoms with Gasteiger partial charge < -0.3 is 15.3 Å². The van der Waals surface area contributed by atoms with Crippen LogP contribution in [-0.4, -0.2) is 41.0 Å². The van der Waals surface area contributed by atoms with Crippen LogP contribution in [0.5, 0.6) is 0 Å². The third-order valence-corrected chi connectivity index (χ3v) is 3.95. The molecule has 100 valence electrons. The number of hydrogen-bond donors (Lipinski definition) is 2. The Morgan fingerprint density at radius 2 is 1.89 bits per heavy atom. The van der Waals surface area contributed by atoms with Crippen molar-refractivity contribution in [1.82, 2.24) is 10.2 Å². The fraction of sp³-hybridized carbons (Fsp3) is 0.429. The number of carbonyl (C=O) groups excluding carboxylic acids is 1. The molecule has 0 radical (unpaired) electrons. The molecule has 0 saturated carbocycles. The molecule has 2 heterocycles. The summed E-state index contributed by atoms with van der Waals surface area (Å²) in [5.41, 5.74) is 2.09. The molecule has 3 rings (SSSR count). The molecule has 0 aromatic heterocycles. The van der Waals surface area contributed by atoms with Gasteiger partial charge in [-0.3, -0.25) is 4.79 Å². The second kappa shape index (κ2) is 4.66. The maximum atomic E-state index is 12.3. The summed E-state index contributed by atoms with van der Waals surface area (Å²) in [5.74, 6) is -1.03. The van der Waals surface area contributed by atoms with Gasteiger partial charge in [-0.25, -0.2) is 4.79 Å². The first-order valence-corrected chi connectivity index (χ1v) is 6.47. The molecule has 0 bridgehead atoms. The number of hydrogen-bond acceptors (Lipinski definition) is 3. The Bertz CT molecular complexity index is 525. The van der Waals surface area contributed by atoms with Crippen molar-refractivity contribution in [3.8, 4) is 0 Å². The average Bonchev–Trinajstić information content (AvgIpc) is 2.35. The van der Waals surface area contributed by atoms with Crippen molar-refractivity contribution in [3.05, 3.63) is 35.4 Å². The zero-order chi connectivity index (χ0) is 13.4. The third kappa shape index (κ3) is 2.10. The van der Waals surface area contributed by atoms with E-state index in [1.54, 1.807) is 0 Å². The van der Waals surface area contributed by atoms with Crippen LogP contribution in [0, 0.1) is 5.92 Å². The van der Waals surface area contributed by atoms with Gasteiger partial charge in [-0.2, -0.15) is 0 Å². The summed E-state index contributed by atoms with van der Waals surface area (Å²) in [7, 11) is 0. The van der Waals surface area contributed by atoms with E-state index in [4.69, 9.17) is 0 Å². The lowest BCUT2D eigenvalue weighted by Crippen LogP contribution is -2.57. The minimum Gasteiger partial charge on any atom is -0.480 e. The van der Waals surface area contributed by atoms with Gasteiger partial charge in [-0.15, -0.1) is 0 Å². The van der Waals surface area contributed by atoms with E-state index in [9.17, 15) is 14.7 Å². The lowest BCUT2D eigenvalue weighted by atomic mass is 9.91. The third-order valence-electron chi connectivity index (χ3n) is 3.95. The van der Waals surface area contributed by atoms with Crippen LogP contribution in [0.15, 0.2) is 24.3 Å². The highest BCUT2D eigenvalue weighted by atomic mass is 16.4. The van der Waals surface area contributed by atoms with Crippen molar-refractivity contribution >= 4 is 11.9 Å². The Morgan fingerprint density at radius 3 is 2.47 bits per heavy atom. The number of carboxylic acids is 1. The number of fused-ring (bicyclic) bond motifs is 1. The quantitative estimate of drug-likeness (QED) is 0.799. The van der Waals surface area contributed by atoms with Crippen molar-refractivity contribution in [1.29, 1.82) is 0 Å². The summed E-state index contributed by atoms with van der Waals surface area (Å²) in [6, 6.07) is 7.01. The molecule has 1 aromatic rings. The van der Waals surface area contributed by atoms with Crippen molar-refractivity contribution in [2.24, 2.45) is 5.92 Å². The van der Waals surface area contributed by atoms with Gasteiger partial charge >= 0.3 is 5.97 Å². The summed E-state index contributed by atoms with van der Waals surface area (Å²) < 4.78 is 0. The summed E-state index contributed by atoms with van der Waals surface area (Å²) in [4.78, 5) is 25.3. The monoisotopic (exact) mass is 260 g/mol. The lowest BCUT2D eigenvalue weighted by molar-refractivity contribution is -0.154. The normalized spacial score (nSPS) is 22.5. The van der Waals surface area contributed by atoms with Gasteiger partial charge in [0.15, 0.2) is 0 Å². The molecule has 0 spiro atoms. The molecule has 5 nitrogen and oxygen atoms in total. The Balaban J connectivity index is 1.89. The largest absolute Gasteiger partial charge is 0.480 e. The standard InChI is InChI=1S/C14H16N2O3/c17-13(11-6-15-7-11)16-8-10-4-2-1-3-9(10)5-12(16)14(18)19/h1-4,11-12,15H,5-8H2,(H,18,19). The van der Waals surface area contributed by atoms with Crippen LogP contribution in [0.2, 0.25) is 0 Å². The Hall–Kier alpha value is -1.88. The van der Waals surface area contributed by atoms with Gasteiger partial charge in [0, 0.05) is 26.1 Å². The molecule has 2 N–H and O–H groups in total. The second-order valence-electron chi connectivity index (χ2n) is 5.15. The summed E-state index contributed by atoms with van der Waals surface area (Å²) in [6.45, 7) is 1.72. The van der Waals surface area contributed by atoms with Crippen molar-refractivity contribution in [2.75, 3.05) is 13.1 Å². The van der Waals surface area contributed by atoms with Gasteiger partial charge in [0.1, 0.15) is 6.04 Å². The van der Waals surface area contributed by atoms with E-state index in [-0.39, 0.29) is 11.8 Å². The van der Waals surface area contributed by atoms with E-state index in [1.165, 1.54) is 4.90 Å². The lowest BCUT2D eigenvalue weighted by Gasteiger charge is -2.38. The maximum absolute atomic E-state index is 12.3. The zero-order valence-corrected chi connectivity index (χ0v) is 10.5. The minimum absolute atomic E-state index is 0.0411. The molecule has 2 aliphatic rings. The van der Waals surface area contributed by atoms with Crippen LogP contribution in [0.1, 0.15) is 11.1 Å². The Labute approximate surface area is 111 Å². The number of carbonyl (C=O) groups is 2. The fourth-order valence-electron chi connectivity index (χ4n) is 2.67. The van der Waals surface area contributed by atoms with Crippen LogP contribution in [0.4, 0.5) is 0 Å². The van der Waals surface area contributed by atoms with E-state index >= 15 is 0 Å². The van der Waals surface area contributed by atoms with E-state index in [2.05, 4.69) is 5.32 Å². The van der Waals surface area contributed by atoms with E-state index in [1.807, 2.05) is 24.3 Å². The number of nitrogens with one attached hydrogen (secondary N) is 1. The van der Waals surface area contributed by atoms with Crippen LogP contribution in [0.3, 0.4) is 0 Å². The molecule has 2 aliphatic heterocycles. The highest BCUT2D eigenvalue weighted by molar-refractivity contribution is 5.86. The first-order valence-electron chi connectivity index (χ1n) is 6.47. The minimum atomic E-state index is -0.921. The SMILES string of the molecule is O=C(O)C1Cc2ccccc2CN1C(=O)C1CNC1. The van der Waals surface area contributed by atoms with E-state index in [0.717, 1.165) is 11.1 Å². The molecule has 1 unspecified atom stereocenters. The first kappa shape index (κ1) is 12.2. The molecule has 1 amide bonds. The van der Waals surface area contributed by atoms with Crippen LogP contribution < -0.4 is 5.32 Å². The smallest absolute Gasteiger partial charge is 0.326 e. The van der Waals surface area contributed by atoms with Crippen molar-refractivity contribution in [2.45, 2.75) is 19.0 Å². The van der Waals surface area contributed by atoms with Gasteiger partial charge in [0.25, 0.3) is 0 Å². The molecule has 1 fully saturated rings. The molecule has 1 aromatic carbocycles. The van der Waals surface area contributed by atoms with Crippen molar-refractivity contribution in [3.63, 3.8) is 0 Å². The highest BCUT2D eigenvalue weighted by Gasteiger charge is 2.38. The highest BCUT2D eigenvalue weighted by Crippen LogP contribution is 2.25. The van der Waals surface area contributed by atoms with Crippen LogP contribution in [-0.2, 0) is 22.6 Å². The predicted octanol–water partition coefficient (Wildman–Crippen LogP) is 0.244. The second-order valence-corrected chi connectivity index (χ2v) is 5.15. The number of carboxylic acid groups (broad SMARTS) is 1. The number of aliphatic carboxylic acids is 1. The molecule has 19 heavy (non-hydrogen) atoms. The Kier molecular flexibility index (Phi) is 2.98. The number of rotatable bonds is 2. The maximum Gasteiger partial charge on any atom is 0.326 e. The molecular weight excluding hydrogens is 244 g/mol.